The summed E-state index contributed by atoms with van der Waals surface area (Å²) >= 11 is 1.62. The number of thiazole rings is 1. The maximum atomic E-state index is 4.59. The molecule has 0 aliphatic rings. The Bertz CT molecular complexity index is 1120. The summed E-state index contributed by atoms with van der Waals surface area (Å²) < 4.78 is 2.23. The van der Waals surface area contributed by atoms with Crippen LogP contribution in [-0.4, -0.2) is 10.3 Å². The van der Waals surface area contributed by atoms with E-state index in [1.807, 2.05) is 37.3 Å². The zero-order valence-corrected chi connectivity index (χ0v) is 16.5. The Morgan fingerprint density at radius 3 is 2.11 bits per heavy atom. The molecular weight excluding hydrogens is 362 g/mol. The van der Waals surface area contributed by atoms with Gasteiger partial charge in [0.25, 0.3) is 0 Å². The summed E-state index contributed by atoms with van der Waals surface area (Å²) in [5, 5.41) is 11.3. The second-order valence-corrected chi connectivity index (χ2v) is 7.33. The lowest BCUT2D eigenvalue weighted by Crippen LogP contribution is -2.16. The SMILES string of the molecule is C/C(=N\N=c1\scc(-c2ccccc2)n1Cc1ccccc1)c1ccccc1. The highest BCUT2D eigenvalue weighted by atomic mass is 32.1. The molecule has 3 nitrogen and oxygen atoms in total. The molecule has 4 rings (SSSR count). The number of aromatic nitrogens is 1. The molecule has 1 heterocycles. The summed E-state index contributed by atoms with van der Waals surface area (Å²) in [6, 6.07) is 31.0. The summed E-state index contributed by atoms with van der Waals surface area (Å²) in [7, 11) is 0. The van der Waals surface area contributed by atoms with E-state index in [2.05, 4.69) is 80.8 Å². The van der Waals surface area contributed by atoms with E-state index in [-0.39, 0.29) is 0 Å². The summed E-state index contributed by atoms with van der Waals surface area (Å²) in [4.78, 5) is 0.887. The highest BCUT2D eigenvalue weighted by Crippen LogP contribution is 2.20. The van der Waals surface area contributed by atoms with Gasteiger partial charge in [0.1, 0.15) is 0 Å². The van der Waals surface area contributed by atoms with Crippen LogP contribution in [0.3, 0.4) is 0 Å². The van der Waals surface area contributed by atoms with Gasteiger partial charge >= 0.3 is 0 Å². The molecule has 0 aliphatic heterocycles. The smallest absolute Gasteiger partial charge is 0.211 e. The average molecular weight is 384 g/mol. The molecule has 0 bridgehead atoms. The van der Waals surface area contributed by atoms with Gasteiger partial charge in [-0.2, -0.15) is 5.10 Å². The van der Waals surface area contributed by atoms with Crippen LogP contribution >= 0.6 is 11.3 Å². The van der Waals surface area contributed by atoms with Gasteiger partial charge in [-0.15, -0.1) is 16.4 Å². The molecule has 4 aromatic rings. The molecule has 0 saturated heterocycles. The van der Waals surface area contributed by atoms with Gasteiger partial charge in [0, 0.05) is 5.38 Å². The predicted octanol–water partition coefficient (Wildman–Crippen LogP) is 5.59. The van der Waals surface area contributed by atoms with Crippen molar-refractivity contribution in [3.63, 3.8) is 0 Å². The first-order chi connectivity index (χ1) is 13.8. The summed E-state index contributed by atoms with van der Waals surface area (Å²) in [6.45, 7) is 2.75. The van der Waals surface area contributed by atoms with Crippen molar-refractivity contribution in [2.24, 2.45) is 10.2 Å². The van der Waals surface area contributed by atoms with Gasteiger partial charge in [0.15, 0.2) is 0 Å². The molecule has 3 aromatic carbocycles. The zero-order valence-electron chi connectivity index (χ0n) is 15.7. The van der Waals surface area contributed by atoms with Gasteiger partial charge in [-0.05, 0) is 23.6 Å². The second kappa shape index (κ2) is 8.63. The van der Waals surface area contributed by atoms with Crippen LogP contribution < -0.4 is 4.80 Å². The third-order valence-corrected chi connectivity index (χ3v) is 5.38. The van der Waals surface area contributed by atoms with Gasteiger partial charge in [-0.1, -0.05) is 91.0 Å². The Balaban J connectivity index is 1.78. The molecule has 0 fully saturated rings. The van der Waals surface area contributed by atoms with Crippen molar-refractivity contribution in [1.29, 1.82) is 0 Å². The fraction of sp³-hybridized carbons (Fsp3) is 0.0833. The van der Waals surface area contributed by atoms with Crippen LogP contribution in [0.2, 0.25) is 0 Å². The average Bonchev–Trinajstić information content (AvgIpc) is 3.16. The highest BCUT2D eigenvalue weighted by Gasteiger charge is 2.08. The molecule has 138 valence electrons. The molecule has 0 radical (unpaired) electrons. The fourth-order valence-corrected chi connectivity index (χ4v) is 3.88. The van der Waals surface area contributed by atoms with E-state index in [0.717, 1.165) is 28.3 Å². The number of hydrogen-bond donors (Lipinski definition) is 0. The lowest BCUT2D eigenvalue weighted by molar-refractivity contribution is 0.768. The minimum absolute atomic E-state index is 0.757. The first-order valence-electron chi connectivity index (χ1n) is 9.22. The maximum Gasteiger partial charge on any atom is 0.211 e. The summed E-state index contributed by atoms with van der Waals surface area (Å²) in [5.74, 6) is 0. The molecular formula is C24H21N3S. The van der Waals surface area contributed by atoms with E-state index in [9.17, 15) is 0 Å². The van der Waals surface area contributed by atoms with E-state index >= 15 is 0 Å². The van der Waals surface area contributed by atoms with Crippen LogP contribution in [0.25, 0.3) is 11.3 Å². The first-order valence-corrected chi connectivity index (χ1v) is 10.1. The number of rotatable bonds is 5. The van der Waals surface area contributed by atoms with E-state index < -0.39 is 0 Å². The van der Waals surface area contributed by atoms with Crippen molar-refractivity contribution in [3.8, 4) is 11.3 Å². The molecule has 0 amide bonds. The standard InChI is InChI=1S/C24H21N3S/c1-19(21-13-7-3-8-14-21)25-26-24-27(17-20-11-5-2-6-12-20)23(18-28-24)22-15-9-4-10-16-22/h2-16,18H,17H2,1H3/b25-19+,26-24+. The van der Waals surface area contributed by atoms with Gasteiger partial charge in [-0.3, -0.25) is 0 Å². The molecule has 0 unspecified atom stereocenters. The normalized spacial score (nSPS) is 12.3. The van der Waals surface area contributed by atoms with Gasteiger partial charge < -0.3 is 4.57 Å². The first kappa shape index (κ1) is 18.1. The Morgan fingerprint density at radius 2 is 1.43 bits per heavy atom. The molecule has 1 aromatic heterocycles. The van der Waals surface area contributed by atoms with Crippen molar-refractivity contribution in [2.75, 3.05) is 0 Å². The maximum absolute atomic E-state index is 4.59. The van der Waals surface area contributed by atoms with E-state index in [1.54, 1.807) is 11.3 Å². The molecule has 0 spiro atoms. The number of nitrogens with zero attached hydrogens (tertiary/aromatic N) is 3. The molecule has 0 aliphatic carbocycles. The number of benzene rings is 3. The van der Waals surface area contributed by atoms with Gasteiger partial charge in [0.05, 0.1) is 18.0 Å². The van der Waals surface area contributed by atoms with Crippen LogP contribution in [0.4, 0.5) is 0 Å². The topological polar surface area (TPSA) is 29.6 Å². The number of hydrogen-bond acceptors (Lipinski definition) is 3. The van der Waals surface area contributed by atoms with E-state index in [0.29, 0.717) is 0 Å². The van der Waals surface area contributed by atoms with Crippen LogP contribution in [0.1, 0.15) is 18.1 Å². The third kappa shape index (κ3) is 4.18. The molecule has 0 saturated carbocycles. The molecule has 0 N–H and O–H groups in total. The van der Waals surface area contributed by atoms with Crippen LogP contribution in [-0.2, 0) is 6.54 Å². The van der Waals surface area contributed by atoms with Crippen LogP contribution in [0.15, 0.2) is 107 Å². The predicted molar refractivity (Wildman–Crippen MR) is 118 cm³/mol. The van der Waals surface area contributed by atoms with Crippen molar-refractivity contribution < 1.29 is 0 Å². The largest absolute Gasteiger partial charge is 0.311 e. The molecule has 0 atom stereocenters. The molecule has 28 heavy (non-hydrogen) atoms. The lowest BCUT2D eigenvalue weighted by Gasteiger charge is -2.09. The van der Waals surface area contributed by atoms with Gasteiger partial charge in [0.2, 0.25) is 4.80 Å². The zero-order chi connectivity index (χ0) is 19.2. The Morgan fingerprint density at radius 1 is 0.821 bits per heavy atom. The van der Waals surface area contributed by atoms with E-state index in [4.69, 9.17) is 0 Å². The van der Waals surface area contributed by atoms with Crippen molar-refractivity contribution in [2.45, 2.75) is 13.5 Å². The third-order valence-electron chi connectivity index (χ3n) is 4.53. The van der Waals surface area contributed by atoms with E-state index in [1.165, 1.54) is 11.1 Å². The van der Waals surface area contributed by atoms with Crippen LogP contribution in [0, 0.1) is 0 Å². The summed E-state index contributed by atoms with van der Waals surface area (Å²) in [5.41, 5.74) is 5.56. The Hall–Kier alpha value is -3.24. The monoisotopic (exact) mass is 383 g/mol. The van der Waals surface area contributed by atoms with Crippen molar-refractivity contribution >= 4 is 17.0 Å². The lowest BCUT2D eigenvalue weighted by atomic mass is 10.1. The van der Waals surface area contributed by atoms with Crippen molar-refractivity contribution in [3.05, 3.63) is 112 Å². The summed E-state index contributed by atoms with van der Waals surface area (Å²) in [6.07, 6.45) is 0. The van der Waals surface area contributed by atoms with Crippen LogP contribution in [0.5, 0.6) is 0 Å². The second-order valence-electron chi connectivity index (χ2n) is 6.49. The fourth-order valence-electron chi connectivity index (χ4n) is 3.02. The minimum atomic E-state index is 0.757. The van der Waals surface area contributed by atoms with Gasteiger partial charge in [-0.25, -0.2) is 0 Å². The highest BCUT2D eigenvalue weighted by molar-refractivity contribution is 7.07. The molecule has 4 heteroatoms. The minimum Gasteiger partial charge on any atom is -0.311 e. The quantitative estimate of drug-likeness (QED) is 0.318. The van der Waals surface area contributed by atoms with Crippen molar-refractivity contribution in [1.82, 2.24) is 4.57 Å². The Labute approximate surface area is 169 Å². The Kier molecular flexibility index (Phi) is 5.59.